The largest absolute Gasteiger partial charge is 0.496 e. The molecule has 2 amide bonds. The van der Waals surface area contributed by atoms with Crippen LogP contribution in [0.15, 0.2) is 18.2 Å². The molecule has 1 saturated heterocycles. The van der Waals surface area contributed by atoms with Crippen LogP contribution in [0.5, 0.6) is 11.5 Å². The highest BCUT2D eigenvalue weighted by Gasteiger charge is 2.31. The fourth-order valence-electron chi connectivity index (χ4n) is 3.37. The van der Waals surface area contributed by atoms with Crippen molar-refractivity contribution in [2.45, 2.75) is 32.6 Å². The molecule has 6 nitrogen and oxygen atoms in total. The summed E-state index contributed by atoms with van der Waals surface area (Å²) >= 11 is 0. The summed E-state index contributed by atoms with van der Waals surface area (Å²) in [6, 6.07) is 5.31. The number of unbranched alkanes of at least 4 members (excludes halogenated alkanes) is 1. The van der Waals surface area contributed by atoms with Crippen LogP contribution < -0.4 is 9.47 Å². The maximum Gasteiger partial charge on any atom is 0.261 e. The van der Waals surface area contributed by atoms with Gasteiger partial charge >= 0.3 is 0 Å². The first-order valence-electron chi connectivity index (χ1n) is 9.28. The Morgan fingerprint density at radius 1 is 1.15 bits per heavy atom. The molecule has 1 aliphatic heterocycles. The monoisotopic (exact) mass is 362 g/mol. The lowest BCUT2D eigenvalue weighted by Gasteiger charge is -2.33. The van der Waals surface area contributed by atoms with Gasteiger partial charge < -0.3 is 19.3 Å². The van der Waals surface area contributed by atoms with Crippen LogP contribution in [0.4, 0.5) is 0 Å². The highest BCUT2D eigenvalue weighted by atomic mass is 16.5. The maximum atomic E-state index is 13.0. The van der Waals surface area contributed by atoms with Crippen LogP contribution in [0.1, 0.15) is 43.0 Å². The van der Waals surface area contributed by atoms with Gasteiger partial charge in [0.05, 0.1) is 14.2 Å². The number of carbonyl (C=O) groups is 2. The van der Waals surface area contributed by atoms with E-state index < -0.39 is 0 Å². The molecule has 0 spiro atoms. The Morgan fingerprint density at radius 3 is 2.23 bits per heavy atom. The van der Waals surface area contributed by atoms with Crippen molar-refractivity contribution in [3.05, 3.63) is 23.8 Å². The number of methoxy groups -OCH3 is 2. The lowest BCUT2D eigenvalue weighted by Crippen LogP contribution is -2.43. The number of nitrogens with zero attached hydrogens (tertiary/aromatic N) is 2. The zero-order valence-corrected chi connectivity index (χ0v) is 16.3. The average molecular weight is 362 g/mol. The van der Waals surface area contributed by atoms with E-state index >= 15 is 0 Å². The van der Waals surface area contributed by atoms with E-state index in [4.69, 9.17) is 9.47 Å². The number of hydrogen-bond acceptors (Lipinski definition) is 4. The van der Waals surface area contributed by atoms with Crippen LogP contribution in [0, 0.1) is 5.92 Å². The molecule has 0 aliphatic carbocycles. The molecule has 1 aliphatic rings. The summed E-state index contributed by atoms with van der Waals surface area (Å²) in [4.78, 5) is 29.1. The average Bonchev–Trinajstić information content (AvgIpc) is 2.70. The van der Waals surface area contributed by atoms with E-state index in [1.54, 1.807) is 37.3 Å². The van der Waals surface area contributed by atoms with Gasteiger partial charge in [-0.2, -0.15) is 0 Å². The molecule has 0 unspecified atom stereocenters. The molecule has 1 aromatic rings. The second-order valence-electron chi connectivity index (χ2n) is 6.72. The lowest BCUT2D eigenvalue weighted by atomic mass is 9.94. The molecule has 0 N–H and O–H groups in total. The number of rotatable bonds is 7. The maximum absolute atomic E-state index is 13.0. The number of piperidine rings is 1. The molecule has 0 aromatic heterocycles. The summed E-state index contributed by atoms with van der Waals surface area (Å²) < 4.78 is 10.7. The van der Waals surface area contributed by atoms with Crippen molar-refractivity contribution >= 4 is 11.8 Å². The van der Waals surface area contributed by atoms with Crippen LogP contribution in [-0.4, -0.2) is 62.5 Å². The Morgan fingerprint density at radius 2 is 1.73 bits per heavy atom. The second-order valence-corrected chi connectivity index (χ2v) is 6.72. The third-order valence-electron chi connectivity index (χ3n) is 5.00. The SMILES string of the molecule is CCCCN(C)C(=O)C1CCN(C(=O)c2c(OC)cccc2OC)CC1. The van der Waals surface area contributed by atoms with Gasteiger partial charge in [0.25, 0.3) is 5.91 Å². The molecule has 0 saturated carbocycles. The third-order valence-corrected chi connectivity index (χ3v) is 5.00. The number of benzene rings is 1. The van der Waals surface area contributed by atoms with Crippen LogP contribution in [0.2, 0.25) is 0 Å². The summed E-state index contributed by atoms with van der Waals surface area (Å²) in [7, 11) is 4.96. The summed E-state index contributed by atoms with van der Waals surface area (Å²) in [5, 5.41) is 0. The predicted molar refractivity (Wildman–Crippen MR) is 101 cm³/mol. The van der Waals surface area contributed by atoms with Crippen LogP contribution in [0.3, 0.4) is 0 Å². The summed E-state index contributed by atoms with van der Waals surface area (Å²) in [5.74, 6) is 1.10. The first-order chi connectivity index (χ1) is 12.5. The van der Waals surface area contributed by atoms with Gasteiger partial charge in [-0.05, 0) is 31.4 Å². The fourth-order valence-corrected chi connectivity index (χ4v) is 3.37. The van der Waals surface area contributed by atoms with Crippen molar-refractivity contribution in [2.24, 2.45) is 5.92 Å². The minimum Gasteiger partial charge on any atom is -0.496 e. The van der Waals surface area contributed by atoms with E-state index in [1.807, 2.05) is 11.9 Å². The Balaban J connectivity index is 2.02. The van der Waals surface area contributed by atoms with Gasteiger partial charge in [0, 0.05) is 32.6 Å². The van der Waals surface area contributed by atoms with Gasteiger partial charge in [-0.3, -0.25) is 9.59 Å². The van der Waals surface area contributed by atoms with E-state index in [0.717, 1.165) is 19.4 Å². The van der Waals surface area contributed by atoms with Gasteiger partial charge in [0.15, 0.2) is 0 Å². The van der Waals surface area contributed by atoms with E-state index in [2.05, 4.69) is 6.92 Å². The van der Waals surface area contributed by atoms with Crippen molar-refractivity contribution in [1.29, 1.82) is 0 Å². The van der Waals surface area contributed by atoms with Gasteiger partial charge in [-0.1, -0.05) is 19.4 Å². The first kappa shape index (κ1) is 20.1. The van der Waals surface area contributed by atoms with Crippen molar-refractivity contribution in [2.75, 3.05) is 40.9 Å². The molecule has 144 valence electrons. The van der Waals surface area contributed by atoms with Crippen molar-refractivity contribution in [3.8, 4) is 11.5 Å². The fraction of sp³-hybridized carbons (Fsp3) is 0.600. The molecule has 0 bridgehead atoms. The smallest absolute Gasteiger partial charge is 0.261 e. The zero-order valence-electron chi connectivity index (χ0n) is 16.3. The molecule has 1 aromatic carbocycles. The van der Waals surface area contributed by atoms with E-state index in [-0.39, 0.29) is 17.7 Å². The summed E-state index contributed by atoms with van der Waals surface area (Å²) in [6.07, 6.45) is 3.48. The van der Waals surface area contributed by atoms with E-state index in [0.29, 0.717) is 43.0 Å². The molecule has 1 fully saturated rings. The van der Waals surface area contributed by atoms with Crippen molar-refractivity contribution < 1.29 is 19.1 Å². The molecular formula is C20H30N2O4. The molecule has 2 rings (SSSR count). The lowest BCUT2D eigenvalue weighted by molar-refractivity contribution is -0.135. The summed E-state index contributed by atoms with van der Waals surface area (Å²) in [5.41, 5.74) is 0.447. The van der Waals surface area contributed by atoms with Crippen LogP contribution >= 0.6 is 0 Å². The second kappa shape index (κ2) is 9.46. The standard InChI is InChI=1S/C20H30N2O4/c1-5-6-12-21(2)19(23)15-10-13-22(14-11-15)20(24)18-16(25-3)8-7-9-17(18)26-4/h7-9,15H,5-6,10-14H2,1-4H3. The van der Waals surface area contributed by atoms with Gasteiger partial charge in [0.1, 0.15) is 17.1 Å². The number of hydrogen-bond donors (Lipinski definition) is 0. The van der Waals surface area contributed by atoms with Gasteiger partial charge in [0.2, 0.25) is 5.91 Å². The Hall–Kier alpha value is -2.24. The zero-order chi connectivity index (χ0) is 19.1. The minimum absolute atomic E-state index is 0.000436. The molecule has 0 radical (unpaired) electrons. The Kier molecular flexibility index (Phi) is 7.30. The number of likely N-dealkylation sites (tertiary alicyclic amines) is 1. The van der Waals surface area contributed by atoms with Crippen LogP contribution in [0.25, 0.3) is 0 Å². The molecule has 6 heteroatoms. The minimum atomic E-state index is -0.107. The predicted octanol–water partition coefficient (Wildman–Crippen LogP) is 2.81. The number of carbonyl (C=O) groups excluding carboxylic acids is 2. The normalized spacial score (nSPS) is 14.8. The Bertz CT molecular complexity index is 602. The first-order valence-corrected chi connectivity index (χ1v) is 9.28. The number of amides is 2. The highest BCUT2D eigenvalue weighted by Crippen LogP contribution is 2.31. The van der Waals surface area contributed by atoms with E-state index in [9.17, 15) is 9.59 Å². The van der Waals surface area contributed by atoms with Crippen LogP contribution in [-0.2, 0) is 4.79 Å². The molecule has 26 heavy (non-hydrogen) atoms. The third kappa shape index (κ3) is 4.48. The van der Waals surface area contributed by atoms with Gasteiger partial charge in [-0.15, -0.1) is 0 Å². The van der Waals surface area contributed by atoms with Crippen molar-refractivity contribution in [1.82, 2.24) is 9.80 Å². The summed E-state index contributed by atoms with van der Waals surface area (Å²) in [6.45, 7) is 4.05. The Labute approximate surface area is 156 Å². The molecular weight excluding hydrogens is 332 g/mol. The quantitative estimate of drug-likeness (QED) is 0.748. The molecule has 1 heterocycles. The highest BCUT2D eigenvalue weighted by molar-refractivity contribution is 5.99. The van der Waals surface area contributed by atoms with E-state index in [1.165, 1.54) is 0 Å². The topological polar surface area (TPSA) is 59.1 Å². The van der Waals surface area contributed by atoms with Gasteiger partial charge in [-0.25, -0.2) is 0 Å². The molecule has 0 atom stereocenters. The van der Waals surface area contributed by atoms with Crippen molar-refractivity contribution in [3.63, 3.8) is 0 Å². The number of ether oxygens (including phenoxy) is 2.